The molecule has 1 aromatic carbocycles. The number of rotatable bonds is 4. The van der Waals surface area contributed by atoms with Crippen LogP contribution in [0.1, 0.15) is 15.9 Å². The molecule has 26 heavy (non-hydrogen) atoms. The number of aryl methyl sites for hydroxylation is 1. The highest BCUT2D eigenvalue weighted by molar-refractivity contribution is 5.97. The van der Waals surface area contributed by atoms with Crippen LogP contribution in [-0.4, -0.2) is 79.0 Å². The van der Waals surface area contributed by atoms with E-state index in [9.17, 15) is 9.59 Å². The second-order valence-corrected chi connectivity index (χ2v) is 7.43. The Kier molecular flexibility index (Phi) is 5.44. The molecule has 1 saturated heterocycles. The van der Waals surface area contributed by atoms with Crippen LogP contribution in [-0.2, 0) is 6.54 Å². The lowest BCUT2D eigenvalue weighted by Gasteiger charge is -2.32. The molecule has 0 atom stereocenters. The summed E-state index contributed by atoms with van der Waals surface area (Å²) >= 11 is 0. The minimum Gasteiger partial charge on any atom is -0.345 e. The van der Waals surface area contributed by atoms with Crippen LogP contribution in [0.4, 0.5) is 0 Å². The first-order chi connectivity index (χ1) is 12.4. The molecule has 0 unspecified atom stereocenters. The molecule has 1 aromatic heterocycles. The van der Waals surface area contributed by atoms with Crippen molar-refractivity contribution in [3.05, 3.63) is 45.7 Å². The number of piperazine rings is 1. The van der Waals surface area contributed by atoms with Gasteiger partial charge in [-0.2, -0.15) is 0 Å². The molecule has 0 radical (unpaired) electrons. The lowest BCUT2D eigenvalue weighted by Crippen LogP contribution is -2.45. The van der Waals surface area contributed by atoms with Gasteiger partial charge in [0.1, 0.15) is 5.56 Å². The second-order valence-electron chi connectivity index (χ2n) is 7.43. The highest BCUT2D eigenvalue weighted by atomic mass is 16.2. The third-order valence-corrected chi connectivity index (χ3v) is 5.13. The van der Waals surface area contributed by atoms with Gasteiger partial charge in [-0.3, -0.25) is 14.5 Å². The first-order valence-electron chi connectivity index (χ1n) is 9.13. The molecule has 2 heterocycles. The van der Waals surface area contributed by atoms with Gasteiger partial charge >= 0.3 is 0 Å². The van der Waals surface area contributed by atoms with Crippen molar-refractivity contribution in [2.75, 3.05) is 53.9 Å². The standard InChI is InChI=1S/C20H28N4O2/c1-15-5-6-18-16(13-15)19(25)17(20(26)21(2)3)14-24(18)12-11-23-9-7-22(4)8-10-23/h5-6,13-14H,7-12H2,1-4H3. The van der Waals surface area contributed by atoms with Crippen molar-refractivity contribution in [1.29, 1.82) is 0 Å². The van der Waals surface area contributed by atoms with Gasteiger partial charge in [-0.05, 0) is 26.1 Å². The van der Waals surface area contributed by atoms with Crippen molar-refractivity contribution in [2.24, 2.45) is 0 Å². The van der Waals surface area contributed by atoms with Crippen molar-refractivity contribution >= 4 is 16.8 Å². The number of hydrogen-bond donors (Lipinski definition) is 0. The van der Waals surface area contributed by atoms with Crippen molar-refractivity contribution in [3.63, 3.8) is 0 Å². The minimum atomic E-state index is -0.244. The van der Waals surface area contributed by atoms with E-state index >= 15 is 0 Å². The van der Waals surface area contributed by atoms with Gasteiger partial charge in [0.05, 0.1) is 5.52 Å². The van der Waals surface area contributed by atoms with Gasteiger partial charge in [-0.1, -0.05) is 11.6 Å². The maximum atomic E-state index is 12.8. The number of amides is 1. The highest BCUT2D eigenvalue weighted by Crippen LogP contribution is 2.15. The SMILES string of the molecule is Cc1ccc2c(c1)c(=O)c(C(=O)N(C)C)cn2CCN1CCN(C)CC1. The lowest BCUT2D eigenvalue weighted by molar-refractivity contribution is 0.0825. The van der Waals surface area contributed by atoms with Gasteiger partial charge in [-0.15, -0.1) is 0 Å². The molecule has 1 aliphatic heterocycles. The van der Waals surface area contributed by atoms with Crippen LogP contribution in [0, 0.1) is 6.92 Å². The van der Waals surface area contributed by atoms with Crippen LogP contribution >= 0.6 is 0 Å². The maximum Gasteiger partial charge on any atom is 0.258 e. The highest BCUT2D eigenvalue weighted by Gasteiger charge is 2.18. The fraction of sp³-hybridized carbons (Fsp3) is 0.500. The quantitative estimate of drug-likeness (QED) is 0.828. The van der Waals surface area contributed by atoms with Crippen molar-refractivity contribution in [2.45, 2.75) is 13.5 Å². The molecule has 3 rings (SSSR count). The third-order valence-electron chi connectivity index (χ3n) is 5.13. The van der Waals surface area contributed by atoms with Gasteiger partial charge in [0.25, 0.3) is 5.91 Å². The molecule has 0 saturated carbocycles. The zero-order chi connectivity index (χ0) is 18.8. The summed E-state index contributed by atoms with van der Waals surface area (Å²) in [6.07, 6.45) is 1.73. The normalized spacial score (nSPS) is 16.2. The van der Waals surface area contributed by atoms with Crippen LogP contribution in [0.15, 0.2) is 29.2 Å². The molecule has 1 fully saturated rings. The Balaban J connectivity index is 1.96. The summed E-state index contributed by atoms with van der Waals surface area (Å²) < 4.78 is 2.06. The number of pyridine rings is 1. The smallest absolute Gasteiger partial charge is 0.258 e. The summed E-state index contributed by atoms with van der Waals surface area (Å²) in [6, 6.07) is 5.89. The van der Waals surface area contributed by atoms with Crippen LogP contribution in [0.25, 0.3) is 10.9 Å². The topological polar surface area (TPSA) is 48.8 Å². The summed E-state index contributed by atoms with van der Waals surface area (Å²) in [6.45, 7) is 7.90. The molecule has 0 N–H and O–H groups in total. The van der Waals surface area contributed by atoms with Gasteiger partial charge in [0.15, 0.2) is 0 Å². The fourth-order valence-electron chi connectivity index (χ4n) is 3.41. The van der Waals surface area contributed by atoms with Gasteiger partial charge < -0.3 is 14.4 Å². The maximum absolute atomic E-state index is 12.8. The van der Waals surface area contributed by atoms with E-state index in [1.807, 2.05) is 25.1 Å². The Morgan fingerprint density at radius 1 is 1.12 bits per heavy atom. The molecule has 140 valence electrons. The number of carbonyl (C=O) groups excluding carboxylic acids is 1. The predicted octanol–water partition coefficient (Wildman–Crippen LogP) is 1.26. The first kappa shape index (κ1) is 18.6. The first-order valence-corrected chi connectivity index (χ1v) is 9.13. The van der Waals surface area contributed by atoms with Crippen LogP contribution in [0.2, 0.25) is 0 Å². The van der Waals surface area contributed by atoms with Crippen molar-refractivity contribution in [3.8, 4) is 0 Å². The number of likely N-dealkylation sites (N-methyl/N-ethyl adjacent to an activating group) is 1. The zero-order valence-corrected chi connectivity index (χ0v) is 16.2. The summed E-state index contributed by atoms with van der Waals surface area (Å²) in [5.74, 6) is -0.244. The second kappa shape index (κ2) is 7.60. The van der Waals surface area contributed by atoms with E-state index in [4.69, 9.17) is 0 Å². The Hall–Kier alpha value is -2.18. The lowest BCUT2D eigenvalue weighted by atomic mass is 10.1. The Labute approximate surface area is 154 Å². The van der Waals surface area contributed by atoms with E-state index in [0.717, 1.165) is 50.3 Å². The molecular weight excluding hydrogens is 328 g/mol. The Bertz CT molecular complexity index is 864. The Morgan fingerprint density at radius 3 is 2.46 bits per heavy atom. The monoisotopic (exact) mass is 356 g/mol. The largest absolute Gasteiger partial charge is 0.345 e. The van der Waals surface area contributed by atoms with E-state index in [1.165, 1.54) is 4.90 Å². The van der Waals surface area contributed by atoms with E-state index in [0.29, 0.717) is 5.39 Å². The molecule has 2 aromatic rings. The third kappa shape index (κ3) is 3.81. The van der Waals surface area contributed by atoms with E-state index in [1.54, 1.807) is 20.3 Å². The molecule has 0 bridgehead atoms. The molecule has 1 amide bonds. The summed E-state index contributed by atoms with van der Waals surface area (Å²) in [5.41, 5.74) is 1.98. The van der Waals surface area contributed by atoms with Crippen LogP contribution in [0.3, 0.4) is 0 Å². The fourth-order valence-corrected chi connectivity index (χ4v) is 3.41. The average Bonchev–Trinajstić information content (AvgIpc) is 2.62. The van der Waals surface area contributed by atoms with Gasteiger partial charge in [0.2, 0.25) is 5.43 Å². The average molecular weight is 356 g/mol. The molecule has 6 nitrogen and oxygen atoms in total. The molecule has 1 aliphatic rings. The minimum absolute atomic E-state index is 0.182. The van der Waals surface area contributed by atoms with Crippen molar-refractivity contribution < 1.29 is 4.79 Å². The number of nitrogens with zero attached hydrogens (tertiary/aromatic N) is 4. The summed E-state index contributed by atoms with van der Waals surface area (Å²) in [4.78, 5) is 31.6. The number of benzene rings is 1. The summed E-state index contributed by atoms with van der Waals surface area (Å²) in [7, 11) is 5.50. The van der Waals surface area contributed by atoms with E-state index < -0.39 is 0 Å². The molecule has 0 spiro atoms. The van der Waals surface area contributed by atoms with E-state index in [-0.39, 0.29) is 16.9 Å². The number of hydrogen-bond acceptors (Lipinski definition) is 4. The van der Waals surface area contributed by atoms with Gasteiger partial charge in [0, 0.05) is 64.9 Å². The Morgan fingerprint density at radius 2 is 1.81 bits per heavy atom. The number of aromatic nitrogens is 1. The van der Waals surface area contributed by atoms with Crippen LogP contribution in [0.5, 0.6) is 0 Å². The van der Waals surface area contributed by atoms with Crippen molar-refractivity contribution in [1.82, 2.24) is 19.3 Å². The predicted molar refractivity (Wildman–Crippen MR) is 105 cm³/mol. The van der Waals surface area contributed by atoms with Crippen LogP contribution < -0.4 is 5.43 Å². The summed E-state index contributed by atoms with van der Waals surface area (Å²) in [5, 5.41) is 0.621. The molecular formula is C20H28N4O2. The molecule has 0 aliphatic carbocycles. The van der Waals surface area contributed by atoms with Gasteiger partial charge in [-0.25, -0.2) is 0 Å². The zero-order valence-electron chi connectivity index (χ0n) is 16.2. The molecule has 6 heteroatoms. The number of fused-ring (bicyclic) bond motifs is 1. The number of carbonyl (C=O) groups is 1. The van der Waals surface area contributed by atoms with E-state index in [2.05, 4.69) is 21.4 Å².